The van der Waals surface area contributed by atoms with Gasteiger partial charge in [-0.25, -0.2) is 9.59 Å². The highest BCUT2D eigenvalue weighted by atomic mass is 16.5. The fourth-order valence-electron chi connectivity index (χ4n) is 1.28. The molecule has 0 aliphatic carbocycles. The number of esters is 1. The molecule has 0 bridgehead atoms. The molecule has 19 heavy (non-hydrogen) atoms. The fraction of sp³-hybridized carbons (Fsp3) is 0.545. The van der Waals surface area contributed by atoms with E-state index in [1.807, 2.05) is 0 Å². The largest absolute Gasteiger partial charge is 0.480 e. The van der Waals surface area contributed by atoms with Crippen molar-refractivity contribution >= 4 is 18.0 Å². The Balaban J connectivity index is 2.64. The minimum Gasteiger partial charge on any atom is -0.480 e. The third-order valence-corrected chi connectivity index (χ3v) is 2.20. The van der Waals surface area contributed by atoms with E-state index in [2.05, 4.69) is 10.3 Å². The van der Waals surface area contributed by atoms with Crippen LogP contribution in [0.4, 0.5) is 6.01 Å². The molecule has 1 aromatic heterocycles. The zero-order valence-corrected chi connectivity index (χ0v) is 10.7. The van der Waals surface area contributed by atoms with Crippen molar-refractivity contribution in [2.45, 2.75) is 19.4 Å². The number of hydrogen-bond donors (Lipinski definition) is 2. The molecule has 0 aliphatic rings. The number of nitrogens with one attached hydrogen (secondary N) is 1. The van der Waals surface area contributed by atoms with Crippen molar-refractivity contribution in [1.29, 1.82) is 0 Å². The minimum absolute atomic E-state index is 0.0137. The number of nitrogens with zero attached hydrogens (tertiary/aromatic N) is 1. The lowest BCUT2D eigenvalue weighted by molar-refractivity contribution is -0.138. The lowest BCUT2D eigenvalue weighted by atomic mass is 10.2. The van der Waals surface area contributed by atoms with Gasteiger partial charge in [-0.3, -0.25) is 0 Å². The summed E-state index contributed by atoms with van der Waals surface area (Å²) in [6.07, 6.45) is 1.35. The van der Waals surface area contributed by atoms with Gasteiger partial charge in [-0.2, -0.15) is 4.98 Å². The Morgan fingerprint density at radius 2 is 2.32 bits per heavy atom. The minimum atomic E-state index is -1.06. The molecule has 0 amide bonds. The standard InChI is InChI=1S/C11H16N2O6/c1-3-18-10(16)8-6-19-11(13-8)12-7(9(14)15)4-5-17-2/h6-7H,3-5H2,1-2H3,(H,12,13)(H,14,15). The number of anilines is 1. The number of ether oxygens (including phenoxy) is 2. The van der Waals surface area contributed by atoms with E-state index in [1.54, 1.807) is 6.92 Å². The summed E-state index contributed by atoms with van der Waals surface area (Å²) >= 11 is 0. The van der Waals surface area contributed by atoms with E-state index in [0.717, 1.165) is 6.26 Å². The van der Waals surface area contributed by atoms with Gasteiger partial charge in [0.25, 0.3) is 6.01 Å². The van der Waals surface area contributed by atoms with Crippen molar-refractivity contribution in [3.8, 4) is 0 Å². The number of aliphatic carboxylic acids is 1. The van der Waals surface area contributed by atoms with Gasteiger partial charge >= 0.3 is 11.9 Å². The topological polar surface area (TPSA) is 111 Å². The van der Waals surface area contributed by atoms with E-state index in [4.69, 9.17) is 19.0 Å². The van der Waals surface area contributed by atoms with Gasteiger partial charge in [0.15, 0.2) is 5.69 Å². The molecule has 2 N–H and O–H groups in total. The number of carboxylic acids is 1. The Morgan fingerprint density at radius 3 is 2.89 bits per heavy atom. The molecule has 0 saturated heterocycles. The van der Waals surface area contributed by atoms with E-state index < -0.39 is 18.0 Å². The van der Waals surface area contributed by atoms with Crippen LogP contribution < -0.4 is 5.32 Å². The van der Waals surface area contributed by atoms with Crippen molar-refractivity contribution in [2.75, 3.05) is 25.6 Å². The molecular formula is C11H16N2O6. The first-order valence-electron chi connectivity index (χ1n) is 5.69. The van der Waals surface area contributed by atoms with Crippen LogP contribution >= 0.6 is 0 Å². The molecule has 0 aromatic carbocycles. The van der Waals surface area contributed by atoms with Crippen LogP contribution in [-0.2, 0) is 14.3 Å². The highest BCUT2D eigenvalue weighted by Gasteiger charge is 2.20. The van der Waals surface area contributed by atoms with Crippen LogP contribution in [0.5, 0.6) is 0 Å². The molecule has 0 saturated carbocycles. The van der Waals surface area contributed by atoms with Gasteiger partial charge < -0.3 is 24.3 Å². The fourth-order valence-corrected chi connectivity index (χ4v) is 1.28. The van der Waals surface area contributed by atoms with Crippen LogP contribution in [0, 0.1) is 0 Å². The van der Waals surface area contributed by atoms with Crippen LogP contribution in [0.3, 0.4) is 0 Å². The molecular weight excluding hydrogens is 256 g/mol. The quantitative estimate of drug-likeness (QED) is 0.667. The zero-order chi connectivity index (χ0) is 14.3. The Bertz CT molecular complexity index is 431. The van der Waals surface area contributed by atoms with Gasteiger partial charge in [-0.15, -0.1) is 0 Å². The maximum Gasteiger partial charge on any atom is 0.360 e. The van der Waals surface area contributed by atoms with Crippen molar-refractivity contribution in [2.24, 2.45) is 0 Å². The summed E-state index contributed by atoms with van der Waals surface area (Å²) in [5.41, 5.74) is -0.0137. The third kappa shape index (κ3) is 4.59. The molecule has 1 rings (SSSR count). The first-order chi connectivity index (χ1) is 9.08. The van der Waals surface area contributed by atoms with Gasteiger partial charge in [0, 0.05) is 20.1 Å². The average molecular weight is 272 g/mol. The maximum atomic E-state index is 11.3. The van der Waals surface area contributed by atoms with Gasteiger partial charge in [0.05, 0.1) is 6.61 Å². The maximum absolute atomic E-state index is 11.3. The molecule has 8 heteroatoms. The number of rotatable bonds is 8. The molecule has 0 radical (unpaired) electrons. The zero-order valence-electron chi connectivity index (χ0n) is 10.7. The Labute approximate surface area is 109 Å². The van der Waals surface area contributed by atoms with Crippen LogP contribution in [0.15, 0.2) is 10.7 Å². The first-order valence-corrected chi connectivity index (χ1v) is 5.69. The van der Waals surface area contributed by atoms with Crippen molar-refractivity contribution < 1.29 is 28.6 Å². The molecule has 0 aliphatic heterocycles. The lowest BCUT2D eigenvalue weighted by Crippen LogP contribution is -2.30. The molecule has 0 spiro atoms. The van der Waals surface area contributed by atoms with E-state index >= 15 is 0 Å². The van der Waals surface area contributed by atoms with Gasteiger partial charge in [-0.1, -0.05) is 0 Å². The number of hydrogen-bond acceptors (Lipinski definition) is 7. The number of methoxy groups -OCH3 is 1. The molecule has 1 aromatic rings. The first kappa shape index (κ1) is 15.0. The molecule has 1 heterocycles. The number of oxazole rings is 1. The molecule has 0 fully saturated rings. The Hall–Kier alpha value is -2.09. The lowest BCUT2D eigenvalue weighted by Gasteiger charge is -2.11. The number of carbonyl (C=O) groups is 2. The van der Waals surface area contributed by atoms with Gasteiger partial charge in [-0.05, 0) is 6.92 Å². The second kappa shape index (κ2) is 7.37. The summed E-state index contributed by atoms with van der Waals surface area (Å²) in [6, 6.07) is -0.958. The van der Waals surface area contributed by atoms with Crippen molar-refractivity contribution in [3.05, 3.63) is 12.0 Å². The van der Waals surface area contributed by atoms with E-state index in [9.17, 15) is 9.59 Å². The van der Waals surface area contributed by atoms with Crippen LogP contribution in [-0.4, -0.2) is 48.4 Å². The van der Waals surface area contributed by atoms with E-state index in [0.29, 0.717) is 0 Å². The summed E-state index contributed by atoms with van der Waals surface area (Å²) < 4.78 is 14.5. The van der Waals surface area contributed by atoms with Crippen molar-refractivity contribution in [3.63, 3.8) is 0 Å². The summed E-state index contributed by atoms with van der Waals surface area (Å²) in [6.45, 7) is 2.16. The number of aromatic nitrogens is 1. The Kier molecular flexibility index (Phi) is 5.80. The second-order valence-corrected chi connectivity index (χ2v) is 3.58. The number of carbonyl (C=O) groups excluding carboxylic acids is 1. The predicted octanol–water partition coefficient (Wildman–Crippen LogP) is 0.753. The molecule has 1 atom stereocenters. The molecule has 106 valence electrons. The van der Waals surface area contributed by atoms with Crippen molar-refractivity contribution in [1.82, 2.24) is 4.98 Å². The normalized spacial score (nSPS) is 11.9. The molecule has 1 unspecified atom stereocenters. The number of carboxylic acid groups (broad SMARTS) is 1. The van der Waals surface area contributed by atoms with E-state index in [-0.39, 0.29) is 31.3 Å². The molecule has 8 nitrogen and oxygen atoms in total. The summed E-state index contributed by atoms with van der Waals surface area (Å²) in [4.78, 5) is 26.1. The summed E-state index contributed by atoms with van der Waals surface area (Å²) in [5.74, 6) is -1.68. The monoisotopic (exact) mass is 272 g/mol. The van der Waals surface area contributed by atoms with E-state index in [1.165, 1.54) is 7.11 Å². The van der Waals surface area contributed by atoms with Crippen LogP contribution in [0.1, 0.15) is 23.8 Å². The predicted molar refractivity (Wildman–Crippen MR) is 64.0 cm³/mol. The summed E-state index contributed by atoms with van der Waals surface area (Å²) in [7, 11) is 1.48. The highest BCUT2D eigenvalue weighted by molar-refractivity contribution is 5.87. The van der Waals surface area contributed by atoms with Crippen LogP contribution in [0.25, 0.3) is 0 Å². The summed E-state index contributed by atoms with van der Waals surface area (Å²) in [5, 5.41) is 11.5. The van der Waals surface area contributed by atoms with Gasteiger partial charge in [0.2, 0.25) is 0 Å². The smallest absolute Gasteiger partial charge is 0.360 e. The highest BCUT2D eigenvalue weighted by Crippen LogP contribution is 2.11. The average Bonchev–Trinajstić information content (AvgIpc) is 2.83. The second-order valence-electron chi connectivity index (χ2n) is 3.58. The SMILES string of the molecule is CCOC(=O)c1coc(NC(CCOC)C(=O)O)n1. The van der Waals surface area contributed by atoms with Crippen LogP contribution in [0.2, 0.25) is 0 Å². The van der Waals surface area contributed by atoms with Gasteiger partial charge in [0.1, 0.15) is 12.3 Å². The third-order valence-electron chi connectivity index (χ3n) is 2.20. The Morgan fingerprint density at radius 1 is 1.58 bits per heavy atom.